The number of aryl methyl sites for hydroxylation is 1. The van der Waals surface area contributed by atoms with Crippen LogP contribution in [-0.4, -0.2) is 57.6 Å². The van der Waals surface area contributed by atoms with Crippen LogP contribution in [0.5, 0.6) is 0 Å². The molecule has 2 heterocycles. The number of benzene rings is 2. The number of hydrogen-bond acceptors (Lipinski definition) is 3. The Morgan fingerprint density at radius 3 is 2.17 bits per heavy atom. The van der Waals surface area contributed by atoms with E-state index in [1.807, 2.05) is 37.3 Å². The molecule has 0 aliphatic carbocycles. The maximum absolute atomic E-state index is 12.9. The number of aromatic nitrogens is 2. The summed E-state index contributed by atoms with van der Waals surface area (Å²) in [6.07, 6.45) is 0. The molecule has 6 nitrogen and oxygen atoms in total. The van der Waals surface area contributed by atoms with Crippen LogP contribution in [0.1, 0.15) is 26.5 Å². The van der Waals surface area contributed by atoms with Crippen LogP contribution >= 0.6 is 23.2 Å². The summed E-state index contributed by atoms with van der Waals surface area (Å²) in [6, 6.07) is 16.5. The summed E-state index contributed by atoms with van der Waals surface area (Å²) >= 11 is 12.2. The molecular weight excluding hydrogens is 423 g/mol. The highest BCUT2D eigenvalue weighted by molar-refractivity contribution is 6.43. The molecule has 0 N–H and O–H groups in total. The number of amides is 2. The average Bonchev–Trinajstić information content (AvgIpc) is 3.17. The van der Waals surface area contributed by atoms with Crippen LogP contribution in [0.25, 0.3) is 5.69 Å². The van der Waals surface area contributed by atoms with Gasteiger partial charge in [-0.25, -0.2) is 4.68 Å². The van der Waals surface area contributed by atoms with Crippen molar-refractivity contribution in [2.24, 2.45) is 0 Å². The van der Waals surface area contributed by atoms with Gasteiger partial charge in [0.2, 0.25) is 0 Å². The minimum absolute atomic E-state index is 0.138. The highest BCUT2D eigenvalue weighted by Gasteiger charge is 2.28. The lowest BCUT2D eigenvalue weighted by molar-refractivity contribution is 0.0532. The van der Waals surface area contributed by atoms with E-state index in [9.17, 15) is 9.59 Å². The van der Waals surface area contributed by atoms with E-state index < -0.39 is 0 Å². The molecule has 4 rings (SSSR count). The van der Waals surface area contributed by atoms with Gasteiger partial charge in [-0.05, 0) is 37.3 Å². The minimum Gasteiger partial charge on any atom is -0.335 e. The number of piperazine rings is 1. The maximum atomic E-state index is 12.9. The zero-order valence-electron chi connectivity index (χ0n) is 16.4. The fourth-order valence-corrected chi connectivity index (χ4v) is 3.90. The van der Waals surface area contributed by atoms with Crippen molar-refractivity contribution in [1.29, 1.82) is 0 Å². The molecular formula is C22H20Cl2N4O2. The van der Waals surface area contributed by atoms with Crippen molar-refractivity contribution in [2.45, 2.75) is 6.92 Å². The lowest BCUT2D eigenvalue weighted by Crippen LogP contribution is -2.50. The van der Waals surface area contributed by atoms with Crippen LogP contribution in [0, 0.1) is 6.92 Å². The lowest BCUT2D eigenvalue weighted by Gasteiger charge is -2.34. The molecule has 1 aliphatic heterocycles. The Kier molecular flexibility index (Phi) is 5.79. The van der Waals surface area contributed by atoms with Crippen molar-refractivity contribution in [1.82, 2.24) is 19.6 Å². The van der Waals surface area contributed by atoms with Gasteiger partial charge in [-0.3, -0.25) is 9.59 Å². The van der Waals surface area contributed by atoms with E-state index >= 15 is 0 Å². The van der Waals surface area contributed by atoms with Gasteiger partial charge in [0.05, 0.1) is 21.3 Å². The molecule has 0 atom stereocenters. The summed E-state index contributed by atoms with van der Waals surface area (Å²) in [5.74, 6) is -0.320. The number of carbonyl (C=O) groups excluding carboxylic acids is 2. The Morgan fingerprint density at radius 2 is 1.50 bits per heavy atom. The third-order valence-electron chi connectivity index (χ3n) is 5.14. The molecule has 1 aromatic heterocycles. The summed E-state index contributed by atoms with van der Waals surface area (Å²) in [4.78, 5) is 29.2. The van der Waals surface area contributed by atoms with Crippen molar-refractivity contribution in [3.8, 4) is 5.69 Å². The number of carbonyl (C=O) groups is 2. The van der Waals surface area contributed by atoms with Crippen LogP contribution in [0.4, 0.5) is 0 Å². The third-order valence-corrected chi connectivity index (χ3v) is 5.96. The van der Waals surface area contributed by atoms with E-state index in [2.05, 4.69) is 5.10 Å². The summed E-state index contributed by atoms with van der Waals surface area (Å²) in [5.41, 5.74) is 2.56. The van der Waals surface area contributed by atoms with Gasteiger partial charge >= 0.3 is 0 Å². The molecule has 3 aromatic rings. The molecule has 0 unspecified atom stereocenters. The Hall–Kier alpha value is -2.83. The van der Waals surface area contributed by atoms with Crippen molar-refractivity contribution in [3.63, 3.8) is 0 Å². The Labute approximate surface area is 184 Å². The van der Waals surface area contributed by atoms with Crippen LogP contribution in [-0.2, 0) is 0 Å². The third kappa shape index (κ3) is 3.93. The van der Waals surface area contributed by atoms with Gasteiger partial charge in [-0.15, -0.1) is 0 Å². The number of rotatable bonds is 3. The van der Waals surface area contributed by atoms with E-state index in [1.165, 1.54) is 0 Å². The van der Waals surface area contributed by atoms with E-state index in [1.54, 1.807) is 38.7 Å². The van der Waals surface area contributed by atoms with Gasteiger partial charge in [-0.1, -0.05) is 47.5 Å². The SMILES string of the molecule is Cc1cc(C(=O)N2CCN(C(=O)c3cccc(Cl)c3Cl)CC2)nn1-c1ccccc1. The minimum atomic E-state index is -0.182. The van der Waals surface area contributed by atoms with Gasteiger partial charge in [0.1, 0.15) is 0 Å². The quantitative estimate of drug-likeness (QED) is 0.613. The Bertz CT molecular complexity index is 1090. The van der Waals surface area contributed by atoms with Crippen LogP contribution < -0.4 is 0 Å². The average molecular weight is 443 g/mol. The van der Waals surface area contributed by atoms with Crippen molar-refractivity contribution >= 4 is 35.0 Å². The monoisotopic (exact) mass is 442 g/mol. The first-order chi connectivity index (χ1) is 14.5. The van der Waals surface area contributed by atoms with Crippen LogP contribution in [0.15, 0.2) is 54.6 Å². The van der Waals surface area contributed by atoms with Gasteiger partial charge in [0, 0.05) is 31.9 Å². The molecule has 2 aromatic carbocycles. The van der Waals surface area contributed by atoms with E-state index in [0.717, 1.165) is 11.4 Å². The first kappa shape index (κ1) is 20.4. The summed E-state index contributed by atoms with van der Waals surface area (Å²) in [5, 5.41) is 5.09. The number of nitrogens with zero attached hydrogens (tertiary/aromatic N) is 4. The smallest absolute Gasteiger partial charge is 0.274 e. The molecule has 1 saturated heterocycles. The molecule has 1 fully saturated rings. The number of para-hydroxylation sites is 1. The predicted octanol–water partition coefficient (Wildman–Crippen LogP) is 4.09. The fourth-order valence-electron chi connectivity index (χ4n) is 3.52. The van der Waals surface area contributed by atoms with Crippen molar-refractivity contribution in [3.05, 3.63) is 81.6 Å². The van der Waals surface area contributed by atoms with E-state index in [-0.39, 0.29) is 16.8 Å². The number of halogens is 2. The predicted molar refractivity (Wildman–Crippen MR) is 117 cm³/mol. The van der Waals surface area contributed by atoms with Gasteiger partial charge in [0.25, 0.3) is 11.8 Å². The maximum Gasteiger partial charge on any atom is 0.274 e. The summed E-state index contributed by atoms with van der Waals surface area (Å²) < 4.78 is 1.76. The molecule has 0 spiro atoms. The molecule has 30 heavy (non-hydrogen) atoms. The fraction of sp³-hybridized carbons (Fsp3) is 0.227. The normalized spacial score (nSPS) is 14.1. The second-order valence-corrected chi connectivity index (χ2v) is 7.89. The standard InChI is InChI=1S/C22H20Cl2N4O2/c1-15-14-19(25-28(15)16-6-3-2-4-7-16)22(30)27-12-10-26(11-13-27)21(29)17-8-5-9-18(23)20(17)24/h2-9,14H,10-13H2,1H3. The second kappa shape index (κ2) is 8.50. The first-order valence-electron chi connectivity index (χ1n) is 9.60. The van der Waals surface area contributed by atoms with Crippen molar-refractivity contribution in [2.75, 3.05) is 26.2 Å². The van der Waals surface area contributed by atoms with Crippen LogP contribution in [0.2, 0.25) is 10.0 Å². The highest BCUT2D eigenvalue weighted by Crippen LogP contribution is 2.27. The van der Waals surface area contributed by atoms with Crippen LogP contribution in [0.3, 0.4) is 0 Å². The lowest BCUT2D eigenvalue weighted by atomic mass is 10.1. The molecule has 0 radical (unpaired) electrons. The summed E-state index contributed by atoms with van der Waals surface area (Å²) in [6.45, 7) is 3.62. The van der Waals surface area contributed by atoms with E-state index in [4.69, 9.17) is 23.2 Å². The highest BCUT2D eigenvalue weighted by atomic mass is 35.5. The van der Waals surface area contributed by atoms with E-state index in [0.29, 0.717) is 42.5 Å². The zero-order valence-corrected chi connectivity index (χ0v) is 17.9. The van der Waals surface area contributed by atoms with Crippen molar-refractivity contribution < 1.29 is 9.59 Å². The largest absolute Gasteiger partial charge is 0.335 e. The topological polar surface area (TPSA) is 58.4 Å². The van der Waals surface area contributed by atoms with Gasteiger partial charge < -0.3 is 9.80 Å². The first-order valence-corrected chi connectivity index (χ1v) is 10.4. The molecule has 0 saturated carbocycles. The summed E-state index contributed by atoms with van der Waals surface area (Å²) in [7, 11) is 0. The Balaban J connectivity index is 1.44. The molecule has 8 heteroatoms. The molecule has 1 aliphatic rings. The second-order valence-electron chi connectivity index (χ2n) is 7.10. The number of hydrogen-bond donors (Lipinski definition) is 0. The van der Waals surface area contributed by atoms with Gasteiger partial charge in [0.15, 0.2) is 5.69 Å². The molecule has 2 amide bonds. The Morgan fingerprint density at radius 1 is 0.867 bits per heavy atom. The molecule has 0 bridgehead atoms. The zero-order chi connectivity index (χ0) is 21.3. The molecule has 154 valence electrons. The van der Waals surface area contributed by atoms with Gasteiger partial charge in [-0.2, -0.15) is 5.10 Å².